The van der Waals surface area contributed by atoms with Crippen molar-refractivity contribution < 1.29 is 23.8 Å². The lowest BCUT2D eigenvalue weighted by Crippen LogP contribution is -2.26. The fourth-order valence-electron chi connectivity index (χ4n) is 1.67. The molecule has 5 heteroatoms. The molecule has 0 spiro atoms. The minimum atomic E-state index is -0.376. The van der Waals surface area contributed by atoms with Gasteiger partial charge >= 0.3 is 5.97 Å². The first-order chi connectivity index (χ1) is 10.5. The standard InChI is InChI=1S/C17H24O5/c1-13(18)9-10-17(19)21-11-14(2)20-12-15(3)22-16-7-5-4-6-8-16/h4-8,14-15H,9-12H2,1-3H3. The number of benzene rings is 1. The molecular formula is C17H24O5. The number of carbonyl (C=O) groups excluding carboxylic acids is 2. The van der Waals surface area contributed by atoms with Crippen LogP contribution in [0.5, 0.6) is 5.75 Å². The molecule has 1 aromatic rings. The third-order valence-corrected chi connectivity index (χ3v) is 2.86. The van der Waals surface area contributed by atoms with E-state index in [9.17, 15) is 9.59 Å². The molecule has 0 aliphatic heterocycles. The molecule has 0 aliphatic carbocycles. The van der Waals surface area contributed by atoms with E-state index in [0.717, 1.165) is 5.75 Å². The molecule has 0 amide bonds. The van der Waals surface area contributed by atoms with Gasteiger partial charge in [-0.05, 0) is 32.9 Å². The fraction of sp³-hybridized carbons (Fsp3) is 0.529. The Morgan fingerprint density at radius 2 is 1.68 bits per heavy atom. The third-order valence-electron chi connectivity index (χ3n) is 2.86. The smallest absolute Gasteiger partial charge is 0.306 e. The van der Waals surface area contributed by atoms with Crippen LogP contribution < -0.4 is 4.74 Å². The summed E-state index contributed by atoms with van der Waals surface area (Å²) in [5.41, 5.74) is 0. The van der Waals surface area contributed by atoms with Gasteiger partial charge in [-0.15, -0.1) is 0 Å². The molecule has 0 aromatic heterocycles. The molecule has 0 N–H and O–H groups in total. The van der Waals surface area contributed by atoms with Crippen molar-refractivity contribution >= 4 is 11.8 Å². The number of para-hydroxylation sites is 1. The number of esters is 1. The molecule has 2 atom stereocenters. The summed E-state index contributed by atoms with van der Waals surface area (Å²) in [5, 5.41) is 0. The summed E-state index contributed by atoms with van der Waals surface area (Å²) < 4.78 is 16.3. The van der Waals surface area contributed by atoms with Crippen molar-refractivity contribution in [1.82, 2.24) is 0 Å². The quantitative estimate of drug-likeness (QED) is 0.622. The number of hydrogen-bond donors (Lipinski definition) is 0. The maximum atomic E-state index is 11.4. The summed E-state index contributed by atoms with van der Waals surface area (Å²) >= 11 is 0. The number of ether oxygens (including phenoxy) is 3. The summed E-state index contributed by atoms with van der Waals surface area (Å²) in [6.07, 6.45) is 0.0207. The largest absolute Gasteiger partial charge is 0.488 e. The second-order valence-electron chi connectivity index (χ2n) is 5.27. The second-order valence-corrected chi connectivity index (χ2v) is 5.27. The van der Waals surface area contributed by atoms with Crippen LogP contribution >= 0.6 is 0 Å². The Morgan fingerprint density at radius 3 is 2.32 bits per heavy atom. The Labute approximate surface area is 131 Å². The van der Waals surface area contributed by atoms with Crippen LogP contribution in [0.15, 0.2) is 30.3 Å². The van der Waals surface area contributed by atoms with Gasteiger partial charge in [0.15, 0.2) is 0 Å². The minimum absolute atomic E-state index is 0.0202. The molecule has 0 bridgehead atoms. The number of Topliss-reactive ketones (excluding diaryl/α,β-unsaturated/α-hetero) is 1. The van der Waals surface area contributed by atoms with E-state index >= 15 is 0 Å². The van der Waals surface area contributed by atoms with Crippen molar-refractivity contribution in [2.45, 2.75) is 45.8 Å². The maximum Gasteiger partial charge on any atom is 0.306 e. The maximum absolute atomic E-state index is 11.4. The highest BCUT2D eigenvalue weighted by Crippen LogP contribution is 2.11. The molecule has 0 aliphatic rings. The van der Waals surface area contributed by atoms with Gasteiger partial charge in [-0.1, -0.05) is 18.2 Å². The molecule has 1 aromatic carbocycles. The molecule has 122 valence electrons. The van der Waals surface area contributed by atoms with Gasteiger partial charge in [0.1, 0.15) is 24.2 Å². The Balaban J connectivity index is 2.15. The first-order valence-electron chi connectivity index (χ1n) is 7.45. The molecular weight excluding hydrogens is 284 g/mol. The number of hydrogen-bond acceptors (Lipinski definition) is 5. The molecule has 0 saturated carbocycles. The van der Waals surface area contributed by atoms with E-state index in [-0.39, 0.29) is 43.4 Å². The Kier molecular flexibility index (Phi) is 8.22. The number of ketones is 1. The average Bonchev–Trinajstić information content (AvgIpc) is 2.49. The van der Waals surface area contributed by atoms with Gasteiger partial charge in [0.05, 0.1) is 19.1 Å². The minimum Gasteiger partial charge on any atom is -0.488 e. The van der Waals surface area contributed by atoms with Crippen molar-refractivity contribution in [3.05, 3.63) is 30.3 Å². The van der Waals surface area contributed by atoms with E-state index in [1.54, 1.807) is 0 Å². The predicted molar refractivity (Wildman–Crippen MR) is 82.8 cm³/mol. The van der Waals surface area contributed by atoms with Crippen LogP contribution in [-0.2, 0) is 19.1 Å². The van der Waals surface area contributed by atoms with Gasteiger partial charge < -0.3 is 19.0 Å². The normalized spacial score (nSPS) is 13.2. The second kappa shape index (κ2) is 9.95. The number of rotatable bonds is 10. The van der Waals surface area contributed by atoms with Crippen LogP contribution in [0.2, 0.25) is 0 Å². The molecule has 0 radical (unpaired) electrons. The zero-order valence-corrected chi connectivity index (χ0v) is 13.4. The number of carbonyl (C=O) groups is 2. The molecule has 22 heavy (non-hydrogen) atoms. The average molecular weight is 308 g/mol. The highest BCUT2D eigenvalue weighted by Gasteiger charge is 2.11. The zero-order chi connectivity index (χ0) is 16.4. The van der Waals surface area contributed by atoms with Crippen LogP contribution in [0.3, 0.4) is 0 Å². The van der Waals surface area contributed by atoms with Crippen molar-refractivity contribution in [2.75, 3.05) is 13.2 Å². The third kappa shape index (κ3) is 8.42. The van der Waals surface area contributed by atoms with Crippen LogP contribution in [0.1, 0.15) is 33.6 Å². The molecule has 0 saturated heterocycles. The monoisotopic (exact) mass is 308 g/mol. The van der Waals surface area contributed by atoms with E-state index in [4.69, 9.17) is 14.2 Å². The van der Waals surface area contributed by atoms with Gasteiger partial charge in [0.2, 0.25) is 0 Å². The van der Waals surface area contributed by atoms with E-state index < -0.39 is 0 Å². The van der Waals surface area contributed by atoms with E-state index in [2.05, 4.69) is 0 Å². The first-order valence-corrected chi connectivity index (χ1v) is 7.45. The van der Waals surface area contributed by atoms with Crippen molar-refractivity contribution in [2.24, 2.45) is 0 Å². The summed E-state index contributed by atoms with van der Waals surface area (Å²) in [6.45, 7) is 5.77. The van der Waals surface area contributed by atoms with Crippen LogP contribution in [0.4, 0.5) is 0 Å². The highest BCUT2D eigenvalue weighted by atomic mass is 16.6. The fourth-order valence-corrected chi connectivity index (χ4v) is 1.67. The van der Waals surface area contributed by atoms with Gasteiger partial charge in [-0.25, -0.2) is 0 Å². The van der Waals surface area contributed by atoms with Gasteiger partial charge in [-0.3, -0.25) is 4.79 Å². The van der Waals surface area contributed by atoms with Crippen LogP contribution in [-0.4, -0.2) is 37.2 Å². The van der Waals surface area contributed by atoms with Gasteiger partial charge in [0, 0.05) is 6.42 Å². The lowest BCUT2D eigenvalue weighted by molar-refractivity contribution is -0.148. The molecule has 1 rings (SSSR count). The summed E-state index contributed by atoms with van der Waals surface area (Å²) in [4.78, 5) is 22.1. The zero-order valence-electron chi connectivity index (χ0n) is 13.4. The van der Waals surface area contributed by atoms with E-state index in [0.29, 0.717) is 6.61 Å². The van der Waals surface area contributed by atoms with Crippen molar-refractivity contribution in [3.8, 4) is 5.75 Å². The van der Waals surface area contributed by atoms with E-state index in [1.807, 2.05) is 44.2 Å². The summed E-state index contributed by atoms with van der Waals surface area (Å²) in [6, 6.07) is 9.52. The Bertz CT molecular complexity index is 457. The molecule has 2 unspecified atom stereocenters. The highest BCUT2D eigenvalue weighted by molar-refractivity contribution is 5.80. The van der Waals surface area contributed by atoms with Crippen LogP contribution in [0.25, 0.3) is 0 Å². The predicted octanol–water partition coefficient (Wildman–Crippen LogP) is 2.77. The Hall–Kier alpha value is -1.88. The summed E-state index contributed by atoms with van der Waals surface area (Å²) in [7, 11) is 0. The van der Waals surface area contributed by atoms with Crippen molar-refractivity contribution in [1.29, 1.82) is 0 Å². The molecule has 0 fully saturated rings. The van der Waals surface area contributed by atoms with E-state index in [1.165, 1.54) is 6.92 Å². The van der Waals surface area contributed by atoms with Crippen LogP contribution in [0, 0.1) is 0 Å². The van der Waals surface area contributed by atoms with Gasteiger partial charge in [0.25, 0.3) is 0 Å². The SMILES string of the molecule is CC(=O)CCC(=O)OCC(C)OCC(C)Oc1ccccc1. The molecule has 5 nitrogen and oxygen atoms in total. The first kappa shape index (κ1) is 18.2. The summed E-state index contributed by atoms with van der Waals surface area (Å²) in [5.74, 6) is 0.397. The lowest BCUT2D eigenvalue weighted by atomic mass is 10.2. The Morgan fingerprint density at radius 1 is 1.00 bits per heavy atom. The van der Waals surface area contributed by atoms with Crippen molar-refractivity contribution in [3.63, 3.8) is 0 Å². The molecule has 0 heterocycles. The topological polar surface area (TPSA) is 61.8 Å². The van der Waals surface area contributed by atoms with Gasteiger partial charge in [-0.2, -0.15) is 0 Å². The lowest BCUT2D eigenvalue weighted by Gasteiger charge is -2.18.